The molecule has 0 saturated carbocycles. The first-order valence-corrected chi connectivity index (χ1v) is 30.4. The van der Waals surface area contributed by atoms with Gasteiger partial charge < -0.3 is 61.9 Å². The van der Waals surface area contributed by atoms with Crippen molar-refractivity contribution in [3.05, 3.63) is 123 Å². The van der Waals surface area contributed by atoms with E-state index in [0.29, 0.717) is 74.0 Å². The van der Waals surface area contributed by atoms with Gasteiger partial charge in [0.05, 0.1) is 64.5 Å². The van der Waals surface area contributed by atoms with E-state index in [2.05, 4.69) is 30.7 Å². The van der Waals surface area contributed by atoms with Crippen LogP contribution < -0.4 is 21.7 Å². The van der Waals surface area contributed by atoms with Gasteiger partial charge in [-0.25, -0.2) is 4.39 Å². The number of nitrogens with zero attached hydrogens (tertiary/aromatic N) is 6. The van der Waals surface area contributed by atoms with Gasteiger partial charge in [-0.3, -0.25) is 48.3 Å². The zero-order valence-electron chi connectivity index (χ0n) is 49.9. The molecule has 474 valence electrons. The number of hydrogen-bond donors (Lipinski definition) is 9. The molecule has 3 heterocycles. The van der Waals surface area contributed by atoms with Gasteiger partial charge in [0.2, 0.25) is 17.7 Å². The maximum Gasteiger partial charge on any atom is 0.219 e. The number of nitrogens with two attached hydrogens (primary N) is 1. The number of nitrogens with one attached hydrogen (secondary N) is 3. The number of amides is 3. The van der Waals surface area contributed by atoms with Crippen LogP contribution in [0, 0.1) is 5.82 Å². The number of ketones is 4. The number of aliphatic hydroxyl groups is 5. The van der Waals surface area contributed by atoms with Crippen molar-refractivity contribution in [2.45, 2.75) is 64.6 Å². The molecule has 0 spiro atoms. The molecule has 0 aromatic heterocycles. The second-order valence-corrected chi connectivity index (χ2v) is 22.6. The average molecular weight is 1250 g/mol. The maximum atomic E-state index is 14.2. The number of β-amino-alcohol motifs (C(OH)–C–C–N with tert-alkyl or cyclic N) is 3. The Balaban J connectivity index is 0.000000202. The number of halogens is 3. The molecule has 25 heteroatoms. The summed E-state index contributed by atoms with van der Waals surface area (Å²) in [5, 5.41) is 57.9. The highest BCUT2D eigenvalue weighted by atomic mass is 35.5. The van der Waals surface area contributed by atoms with Crippen LogP contribution in [0.1, 0.15) is 97.8 Å². The molecule has 87 heavy (non-hydrogen) atoms. The van der Waals surface area contributed by atoms with E-state index in [4.69, 9.17) is 28.9 Å². The van der Waals surface area contributed by atoms with E-state index in [1.54, 1.807) is 80.3 Å². The average Bonchev–Trinajstić information content (AvgIpc) is 3.69. The second kappa shape index (κ2) is 33.8. The van der Waals surface area contributed by atoms with Crippen LogP contribution in [0.3, 0.4) is 0 Å². The third-order valence-electron chi connectivity index (χ3n) is 15.6. The molecule has 0 radical (unpaired) electrons. The number of fused-ring (bicyclic) bond motifs is 4. The fourth-order valence-corrected chi connectivity index (χ4v) is 10.8. The van der Waals surface area contributed by atoms with E-state index in [1.165, 1.54) is 12.1 Å². The van der Waals surface area contributed by atoms with Crippen molar-refractivity contribution in [2.24, 2.45) is 5.73 Å². The summed E-state index contributed by atoms with van der Waals surface area (Å²) in [6, 6.07) is 18.9. The molecule has 3 amide bonds. The highest BCUT2D eigenvalue weighted by Gasteiger charge is 2.36. The van der Waals surface area contributed by atoms with Crippen LogP contribution in [-0.2, 0) is 14.4 Å². The molecule has 2 aliphatic carbocycles. The minimum Gasteiger partial charge on any atom is -0.392 e. The van der Waals surface area contributed by atoms with Crippen molar-refractivity contribution in [1.82, 2.24) is 29.4 Å². The molecular formula is C62H83Cl2FN10O12. The fourth-order valence-electron chi connectivity index (χ4n) is 10.5. The summed E-state index contributed by atoms with van der Waals surface area (Å²) in [4.78, 5) is 97.6. The van der Waals surface area contributed by atoms with E-state index in [0.717, 1.165) is 71.4 Å². The molecule has 0 unspecified atom stereocenters. The van der Waals surface area contributed by atoms with Crippen LogP contribution in [0.25, 0.3) is 0 Å². The summed E-state index contributed by atoms with van der Waals surface area (Å²) < 4.78 is 14.2. The number of rotatable bonds is 19. The van der Waals surface area contributed by atoms with E-state index < -0.39 is 41.8 Å². The van der Waals surface area contributed by atoms with Crippen molar-refractivity contribution in [3.8, 4) is 0 Å². The van der Waals surface area contributed by atoms with Crippen molar-refractivity contribution in [1.29, 1.82) is 0 Å². The highest BCUT2D eigenvalue weighted by molar-refractivity contribution is 6.32. The summed E-state index contributed by atoms with van der Waals surface area (Å²) in [5.74, 6) is -1.85. The number of aliphatic hydroxyl groups excluding tert-OH is 5. The zero-order chi connectivity index (χ0) is 63.5. The summed E-state index contributed by atoms with van der Waals surface area (Å²) >= 11 is 11.2. The van der Waals surface area contributed by atoms with Crippen molar-refractivity contribution >= 4 is 81.1 Å². The first kappa shape index (κ1) is 69.6. The third-order valence-corrected chi connectivity index (χ3v) is 16.4. The van der Waals surface area contributed by atoms with Gasteiger partial charge in [0.15, 0.2) is 23.1 Å². The normalized spacial score (nSPS) is 17.6. The lowest BCUT2D eigenvalue weighted by Crippen LogP contribution is -2.50. The third kappa shape index (κ3) is 19.0. The van der Waals surface area contributed by atoms with Gasteiger partial charge >= 0.3 is 0 Å². The number of carbonyl (C=O) groups is 7. The Hall–Kier alpha value is -6.48. The van der Waals surface area contributed by atoms with Gasteiger partial charge in [0.25, 0.3) is 0 Å². The topological polar surface area (TPSA) is 302 Å². The quantitative estimate of drug-likeness (QED) is 0.0526. The molecule has 5 atom stereocenters. The van der Waals surface area contributed by atoms with Crippen molar-refractivity contribution < 1.29 is 63.5 Å². The monoisotopic (exact) mass is 1250 g/mol. The van der Waals surface area contributed by atoms with Crippen molar-refractivity contribution in [2.75, 3.05) is 152 Å². The first-order chi connectivity index (χ1) is 41.6. The molecular weight excluding hydrogens is 1170 g/mol. The molecule has 10 N–H and O–H groups in total. The Morgan fingerprint density at radius 1 is 0.460 bits per heavy atom. The largest absolute Gasteiger partial charge is 0.392 e. The van der Waals surface area contributed by atoms with Gasteiger partial charge in [0.1, 0.15) is 5.82 Å². The zero-order valence-corrected chi connectivity index (χ0v) is 51.4. The Kier molecular flexibility index (Phi) is 27.0. The standard InChI is InChI=1S/C26H31ClN4O5.C17H13ClFNO3.C10H20N2O2.C9H19N3O2/c1-16(32)31-10-8-30(9-11-31)15-18(34)14-29-22-7-6-21(28-13-17(33)12-27)23-24(22)26(36)20-5-3-2-4-19(20)25(23)35;18-7-9(21)8-20-13-6-5-12(19)14-15(13)17(23)11-4-2-1-3-10(11)16(14)22;1-3-10(14)8-11-4-6-12(7-5-11)9(2)13;1-8(13)12-4-2-11(3-5-12)7-9(14)6-10/h2-7,17-18,28-29,33-34H,8-15H2,1H3;1-6,9,20-21H,7-8H2;10,14H,3-8H2,1-2H3;9,14H,2-7,10H2,1H3/t17-,18+;9-;10-;9-/m1100/s1. The molecule has 9 rings (SSSR count). The molecule has 22 nitrogen and oxygen atoms in total. The Bertz CT molecular complexity index is 2990. The fraction of sp³-hybridized carbons (Fsp3) is 0.500. The molecule has 4 aromatic carbocycles. The van der Waals surface area contributed by atoms with E-state index >= 15 is 0 Å². The molecule has 3 fully saturated rings. The summed E-state index contributed by atoms with van der Waals surface area (Å²) in [6.07, 6.45) is -2.22. The highest BCUT2D eigenvalue weighted by Crippen LogP contribution is 2.37. The number of anilines is 3. The van der Waals surface area contributed by atoms with Crippen LogP contribution in [0.2, 0.25) is 0 Å². The summed E-state index contributed by atoms with van der Waals surface area (Å²) in [5.41, 5.74) is 7.87. The smallest absolute Gasteiger partial charge is 0.219 e. The number of carbonyl (C=O) groups excluding carboxylic acids is 7. The Morgan fingerprint density at radius 2 is 0.747 bits per heavy atom. The van der Waals surface area contributed by atoms with Crippen LogP contribution in [-0.4, -0.2) is 262 Å². The maximum absolute atomic E-state index is 14.2. The predicted molar refractivity (Wildman–Crippen MR) is 332 cm³/mol. The minimum absolute atomic E-state index is 0.00419. The number of hydrogen-bond acceptors (Lipinski definition) is 19. The number of benzene rings is 4. The van der Waals surface area contributed by atoms with Gasteiger partial charge in [-0.15, -0.1) is 23.2 Å². The molecule has 4 aromatic rings. The van der Waals surface area contributed by atoms with E-state index in [1.807, 2.05) is 16.7 Å². The SMILES string of the molecule is CC(=O)N1CCN(C[C@@H](O)CN)CC1.CC(=O)N1CCN(C[C@@H](O)CNc2ccc(NC[C@H](O)CCl)c3c2C(=O)c2ccccc2C3=O)CC1.CC[C@H](O)CN1CCN(C(C)=O)CC1.O=C1c2ccccc2C(=O)c2c(NC[C@H](O)CCl)ccc(F)c21. The number of alkyl halides is 2. The van der Waals surface area contributed by atoms with Crippen molar-refractivity contribution in [3.63, 3.8) is 0 Å². The molecule has 0 bridgehead atoms. The second-order valence-electron chi connectivity index (χ2n) is 21.9. The summed E-state index contributed by atoms with van der Waals surface area (Å²) in [6.45, 7) is 18.4. The lowest BCUT2D eigenvalue weighted by molar-refractivity contribution is -0.131. The van der Waals surface area contributed by atoms with Crippen LogP contribution in [0.5, 0.6) is 0 Å². The Labute approximate surface area is 517 Å². The van der Waals surface area contributed by atoms with Gasteiger partial charge in [-0.05, 0) is 30.7 Å². The van der Waals surface area contributed by atoms with Gasteiger partial charge in [-0.2, -0.15) is 0 Å². The first-order valence-electron chi connectivity index (χ1n) is 29.3. The van der Waals surface area contributed by atoms with Crippen LogP contribution >= 0.6 is 23.2 Å². The van der Waals surface area contributed by atoms with E-state index in [-0.39, 0.29) is 100 Å². The lowest BCUT2D eigenvalue weighted by atomic mass is 9.82. The molecule has 3 saturated heterocycles. The van der Waals surface area contributed by atoms with Gasteiger partial charge in [-0.1, -0.05) is 55.5 Å². The summed E-state index contributed by atoms with van der Waals surface area (Å²) in [7, 11) is 0. The molecule has 5 aliphatic rings. The number of piperazine rings is 3. The van der Waals surface area contributed by atoms with Gasteiger partial charge in [0, 0.05) is 184 Å². The van der Waals surface area contributed by atoms with E-state index in [9.17, 15) is 63.5 Å². The van der Waals surface area contributed by atoms with Crippen LogP contribution in [0.15, 0.2) is 72.8 Å². The van der Waals surface area contributed by atoms with Crippen LogP contribution in [0.4, 0.5) is 21.5 Å². The molecule has 3 aliphatic heterocycles. The lowest BCUT2D eigenvalue weighted by Gasteiger charge is -2.35. The Morgan fingerprint density at radius 3 is 1.06 bits per heavy atom. The minimum atomic E-state index is -0.820. The predicted octanol–water partition coefficient (Wildman–Crippen LogP) is 2.41.